The van der Waals surface area contributed by atoms with Gasteiger partial charge in [-0.05, 0) is 43.0 Å². The van der Waals surface area contributed by atoms with Crippen molar-refractivity contribution in [1.82, 2.24) is 9.62 Å². The van der Waals surface area contributed by atoms with Gasteiger partial charge in [-0.3, -0.25) is 4.79 Å². The molecule has 0 unspecified atom stereocenters. The van der Waals surface area contributed by atoms with Crippen molar-refractivity contribution >= 4 is 15.9 Å². The second kappa shape index (κ2) is 8.18. The van der Waals surface area contributed by atoms with E-state index in [1.807, 2.05) is 0 Å². The molecule has 1 aromatic heterocycles. The Bertz CT molecular complexity index is 892. The Morgan fingerprint density at radius 3 is 2.63 bits per heavy atom. The summed E-state index contributed by atoms with van der Waals surface area (Å²) >= 11 is 0. The summed E-state index contributed by atoms with van der Waals surface area (Å²) in [4.78, 5) is 13.9. The SMILES string of the molecule is O=C(c1ccoc1)N1CCC(CNS(=O)(=O)Cc2cc(F)ccc2F)CC1. The number of carbonyl (C=O) groups is 1. The highest BCUT2D eigenvalue weighted by molar-refractivity contribution is 7.88. The fraction of sp³-hybridized carbons (Fsp3) is 0.389. The number of nitrogens with zero attached hydrogens (tertiary/aromatic N) is 1. The minimum atomic E-state index is -3.79. The number of amides is 1. The molecule has 27 heavy (non-hydrogen) atoms. The smallest absolute Gasteiger partial charge is 0.257 e. The molecule has 0 saturated carbocycles. The second-order valence-corrected chi connectivity index (χ2v) is 8.40. The van der Waals surface area contributed by atoms with Gasteiger partial charge in [-0.25, -0.2) is 21.9 Å². The predicted octanol–water partition coefficient (Wildman–Crippen LogP) is 2.53. The Morgan fingerprint density at radius 2 is 1.96 bits per heavy atom. The van der Waals surface area contributed by atoms with Crippen LogP contribution in [-0.4, -0.2) is 38.9 Å². The summed E-state index contributed by atoms with van der Waals surface area (Å²) in [5.74, 6) is -2.09. The molecule has 0 atom stereocenters. The Balaban J connectivity index is 1.49. The van der Waals surface area contributed by atoms with E-state index in [1.54, 1.807) is 11.0 Å². The van der Waals surface area contributed by atoms with Crippen molar-refractivity contribution in [3.8, 4) is 0 Å². The van der Waals surface area contributed by atoms with E-state index in [1.165, 1.54) is 12.5 Å². The van der Waals surface area contributed by atoms with Gasteiger partial charge in [-0.2, -0.15) is 0 Å². The van der Waals surface area contributed by atoms with E-state index >= 15 is 0 Å². The van der Waals surface area contributed by atoms with E-state index in [2.05, 4.69) is 4.72 Å². The first-order valence-electron chi connectivity index (χ1n) is 8.57. The highest BCUT2D eigenvalue weighted by atomic mass is 32.2. The van der Waals surface area contributed by atoms with Crippen LogP contribution in [0.25, 0.3) is 0 Å². The maximum atomic E-state index is 13.6. The summed E-state index contributed by atoms with van der Waals surface area (Å²) in [6.07, 6.45) is 4.14. The maximum absolute atomic E-state index is 13.6. The Hall–Kier alpha value is -2.26. The summed E-state index contributed by atoms with van der Waals surface area (Å²) in [5, 5.41) is 0. The number of hydrogen-bond donors (Lipinski definition) is 1. The molecule has 1 aliphatic rings. The monoisotopic (exact) mass is 398 g/mol. The first-order chi connectivity index (χ1) is 12.8. The Morgan fingerprint density at radius 1 is 1.22 bits per heavy atom. The summed E-state index contributed by atoms with van der Waals surface area (Å²) in [7, 11) is -3.79. The van der Waals surface area contributed by atoms with Crippen LogP contribution in [0.5, 0.6) is 0 Å². The molecule has 146 valence electrons. The van der Waals surface area contributed by atoms with Gasteiger partial charge >= 0.3 is 0 Å². The van der Waals surface area contributed by atoms with Gasteiger partial charge in [0.05, 0.1) is 17.6 Å². The molecule has 0 radical (unpaired) electrons. The van der Waals surface area contributed by atoms with Crippen LogP contribution in [0.15, 0.2) is 41.2 Å². The average Bonchev–Trinajstić information content (AvgIpc) is 3.17. The highest BCUT2D eigenvalue weighted by Gasteiger charge is 2.25. The number of likely N-dealkylation sites (tertiary alicyclic amines) is 1. The molecule has 0 aliphatic carbocycles. The minimum absolute atomic E-state index is 0.0746. The third-order valence-electron chi connectivity index (χ3n) is 4.62. The van der Waals surface area contributed by atoms with E-state index in [-0.39, 0.29) is 23.9 Å². The lowest BCUT2D eigenvalue weighted by atomic mass is 9.97. The molecule has 1 N–H and O–H groups in total. The Kier molecular flexibility index (Phi) is 5.91. The molecule has 1 aromatic carbocycles. The first kappa shape index (κ1) is 19.5. The minimum Gasteiger partial charge on any atom is -0.472 e. The van der Waals surface area contributed by atoms with Crippen molar-refractivity contribution < 1.29 is 26.4 Å². The molecule has 0 bridgehead atoms. The summed E-state index contributed by atoms with van der Waals surface area (Å²) in [6.45, 7) is 1.25. The van der Waals surface area contributed by atoms with E-state index in [4.69, 9.17) is 4.42 Å². The van der Waals surface area contributed by atoms with Crippen LogP contribution in [0.1, 0.15) is 28.8 Å². The van der Waals surface area contributed by atoms with Gasteiger partial charge in [0.25, 0.3) is 5.91 Å². The van der Waals surface area contributed by atoms with Crippen molar-refractivity contribution in [1.29, 1.82) is 0 Å². The van der Waals surface area contributed by atoms with Gasteiger partial charge in [0.1, 0.15) is 17.9 Å². The Labute approximate surface area is 156 Å². The average molecular weight is 398 g/mol. The van der Waals surface area contributed by atoms with Gasteiger partial charge in [0, 0.05) is 25.2 Å². The lowest BCUT2D eigenvalue weighted by Crippen LogP contribution is -2.41. The third-order valence-corrected chi connectivity index (χ3v) is 5.91. The van der Waals surface area contributed by atoms with Crippen molar-refractivity contribution in [2.45, 2.75) is 18.6 Å². The molecule has 2 heterocycles. The molecular formula is C18H20F2N2O4S. The fourth-order valence-corrected chi connectivity index (χ4v) is 4.29. The molecule has 1 amide bonds. The standard InChI is InChI=1S/C18H20F2N2O4S/c19-16-1-2-17(20)15(9-16)12-27(24,25)21-10-13-3-6-22(7-4-13)18(23)14-5-8-26-11-14/h1-2,5,8-9,11,13,21H,3-4,6-7,10,12H2. The number of hydrogen-bond acceptors (Lipinski definition) is 4. The van der Waals surface area contributed by atoms with Crippen LogP contribution in [0.4, 0.5) is 8.78 Å². The number of piperidine rings is 1. The number of benzene rings is 1. The topological polar surface area (TPSA) is 79.6 Å². The number of nitrogens with one attached hydrogen (secondary N) is 1. The molecule has 2 aromatic rings. The quantitative estimate of drug-likeness (QED) is 0.811. The zero-order chi connectivity index (χ0) is 19.4. The zero-order valence-corrected chi connectivity index (χ0v) is 15.3. The summed E-state index contributed by atoms with van der Waals surface area (Å²) in [6, 6.07) is 4.34. The first-order valence-corrected chi connectivity index (χ1v) is 10.2. The van der Waals surface area contributed by atoms with Crippen LogP contribution in [-0.2, 0) is 15.8 Å². The number of halogens is 2. The van der Waals surface area contributed by atoms with Crippen LogP contribution in [0, 0.1) is 17.6 Å². The molecule has 1 fully saturated rings. The number of carbonyl (C=O) groups excluding carboxylic acids is 1. The second-order valence-electron chi connectivity index (χ2n) is 6.59. The van der Waals surface area contributed by atoms with E-state index < -0.39 is 27.4 Å². The van der Waals surface area contributed by atoms with Gasteiger partial charge in [0.2, 0.25) is 10.0 Å². The molecule has 6 nitrogen and oxygen atoms in total. The summed E-state index contributed by atoms with van der Waals surface area (Å²) < 4.78 is 58.5. The van der Waals surface area contributed by atoms with Gasteiger partial charge in [-0.1, -0.05) is 0 Å². The number of sulfonamides is 1. The van der Waals surface area contributed by atoms with Crippen LogP contribution in [0.2, 0.25) is 0 Å². The van der Waals surface area contributed by atoms with Crippen LogP contribution < -0.4 is 4.72 Å². The van der Waals surface area contributed by atoms with Gasteiger partial charge in [0.15, 0.2) is 0 Å². The van der Waals surface area contributed by atoms with Crippen molar-refractivity contribution in [3.63, 3.8) is 0 Å². The fourth-order valence-electron chi connectivity index (χ4n) is 3.06. The lowest BCUT2D eigenvalue weighted by molar-refractivity contribution is 0.0691. The zero-order valence-electron chi connectivity index (χ0n) is 14.5. The van der Waals surface area contributed by atoms with Crippen molar-refractivity contribution in [2.24, 2.45) is 5.92 Å². The van der Waals surface area contributed by atoms with Gasteiger partial charge < -0.3 is 9.32 Å². The molecule has 9 heteroatoms. The molecular weight excluding hydrogens is 378 g/mol. The van der Waals surface area contributed by atoms with Crippen molar-refractivity contribution in [2.75, 3.05) is 19.6 Å². The number of rotatable bonds is 6. The normalized spacial score (nSPS) is 15.9. The maximum Gasteiger partial charge on any atom is 0.257 e. The molecule has 1 aliphatic heterocycles. The van der Waals surface area contributed by atoms with Crippen molar-refractivity contribution in [3.05, 3.63) is 59.6 Å². The highest BCUT2D eigenvalue weighted by Crippen LogP contribution is 2.19. The predicted molar refractivity (Wildman–Crippen MR) is 94.3 cm³/mol. The molecule has 3 rings (SSSR count). The number of furan rings is 1. The van der Waals surface area contributed by atoms with Crippen LogP contribution in [0.3, 0.4) is 0 Å². The van der Waals surface area contributed by atoms with E-state index in [9.17, 15) is 22.0 Å². The summed E-state index contributed by atoms with van der Waals surface area (Å²) in [5.41, 5.74) is 0.286. The van der Waals surface area contributed by atoms with Crippen LogP contribution >= 0.6 is 0 Å². The molecule has 0 spiro atoms. The largest absolute Gasteiger partial charge is 0.472 e. The van der Waals surface area contributed by atoms with Gasteiger partial charge in [-0.15, -0.1) is 0 Å². The van der Waals surface area contributed by atoms with E-state index in [0.717, 1.165) is 18.2 Å². The lowest BCUT2D eigenvalue weighted by Gasteiger charge is -2.31. The van der Waals surface area contributed by atoms with E-state index in [0.29, 0.717) is 31.5 Å². The molecule has 1 saturated heterocycles. The third kappa shape index (κ3) is 5.14.